The molecule has 1 unspecified atom stereocenters. The smallest absolute Gasteiger partial charge is 0.258 e. The van der Waals surface area contributed by atoms with Crippen LogP contribution in [-0.4, -0.2) is 30.1 Å². The molecule has 4 rings (SSSR count). The Bertz CT molecular complexity index is 1160. The molecule has 3 aromatic rings. The molecule has 3 aromatic carbocycles. The maximum Gasteiger partial charge on any atom is 0.258 e. The molecule has 0 fully saturated rings. The molecular formula is C26H24Cl2N2O3. The first-order valence-corrected chi connectivity index (χ1v) is 11.6. The zero-order valence-electron chi connectivity index (χ0n) is 17.9. The normalized spacial score (nSPS) is 15.5. The summed E-state index contributed by atoms with van der Waals surface area (Å²) in [5.74, 6) is -0.274. The first-order valence-electron chi connectivity index (χ1n) is 10.9. The van der Waals surface area contributed by atoms with Crippen LogP contribution in [0.15, 0.2) is 66.7 Å². The van der Waals surface area contributed by atoms with E-state index in [-0.39, 0.29) is 24.3 Å². The minimum Gasteiger partial charge on any atom is -0.396 e. The zero-order chi connectivity index (χ0) is 23.4. The number of fused-ring (bicyclic) bond motifs is 1. The highest BCUT2D eigenvalue weighted by Gasteiger charge is 2.27. The molecule has 0 aromatic heterocycles. The van der Waals surface area contributed by atoms with Gasteiger partial charge in [-0.1, -0.05) is 35.3 Å². The van der Waals surface area contributed by atoms with Crippen molar-refractivity contribution in [2.75, 3.05) is 23.4 Å². The summed E-state index contributed by atoms with van der Waals surface area (Å²) in [6, 6.07) is 19.2. The predicted octanol–water partition coefficient (Wildman–Crippen LogP) is 6.15. The standard InChI is InChI=1S/C26H24Cl2N2O3/c27-19-9-12-24-22(16-19)17(13-15-31)4-3-14-30(24)26(33)18-7-10-20(11-8-18)29-25(32)21-5-1-2-6-23(21)28/h1-2,5-12,16-17,31H,3-4,13-15H2,(H,29,32). The lowest BCUT2D eigenvalue weighted by Gasteiger charge is -2.24. The fourth-order valence-electron chi connectivity index (χ4n) is 4.23. The summed E-state index contributed by atoms with van der Waals surface area (Å²) >= 11 is 12.3. The Morgan fingerprint density at radius 1 is 1.03 bits per heavy atom. The molecule has 1 aliphatic heterocycles. The van der Waals surface area contributed by atoms with E-state index < -0.39 is 0 Å². The molecule has 0 aliphatic carbocycles. The Kier molecular flexibility index (Phi) is 7.33. The molecular weight excluding hydrogens is 459 g/mol. The number of carbonyl (C=O) groups excluding carboxylic acids is 2. The van der Waals surface area contributed by atoms with Gasteiger partial charge in [0, 0.05) is 35.1 Å². The molecule has 170 valence electrons. The fraction of sp³-hybridized carbons (Fsp3) is 0.231. The van der Waals surface area contributed by atoms with Crippen molar-refractivity contribution in [3.05, 3.63) is 93.5 Å². The summed E-state index contributed by atoms with van der Waals surface area (Å²) in [5, 5.41) is 13.3. The zero-order valence-corrected chi connectivity index (χ0v) is 19.4. The van der Waals surface area contributed by atoms with E-state index in [4.69, 9.17) is 23.2 Å². The minimum atomic E-state index is -0.312. The summed E-state index contributed by atoms with van der Waals surface area (Å²) in [5.41, 5.74) is 3.30. The van der Waals surface area contributed by atoms with Crippen LogP contribution in [0, 0.1) is 0 Å². The maximum absolute atomic E-state index is 13.4. The molecule has 0 spiro atoms. The van der Waals surface area contributed by atoms with Crippen LogP contribution < -0.4 is 10.2 Å². The van der Waals surface area contributed by atoms with E-state index in [1.807, 2.05) is 12.1 Å². The van der Waals surface area contributed by atoms with Gasteiger partial charge in [0.25, 0.3) is 11.8 Å². The number of rotatable bonds is 5. The molecule has 0 radical (unpaired) electrons. The Morgan fingerprint density at radius 3 is 2.52 bits per heavy atom. The largest absolute Gasteiger partial charge is 0.396 e. The van der Waals surface area contributed by atoms with Gasteiger partial charge in [0.05, 0.1) is 10.6 Å². The van der Waals surface area contributed by atoms with Gasteiger partial charge >= 0.3 is 0 Å². The molecule has 0 bridgehead atoms. The number of hydrogen-bond donors (Lipinski definition) is 2. The van der Waals surface area contributed by atoms with E-state index in [9.17, 15) is 14.7 Å². The number of hydrogen-bond acceptors (Lipinski definition) is 3. The lowest BCUT2D eigenvalue weighted by Crippen LogP contribution is -2.31. The Balaban J connectivity index is 1.55. The minimum absolute atomic E-state index is 0.0892. The second kappa shape index (κ2) is 10.4. The molecule has 1 heterocycles. The van der Waals surface area contributed by atoms with Gasteiger partial charge in [-0.3, -0.25) is 9.59 Å². The van der Waals surface area contributed by atoms with Gasteiger partial charge < -0.3 is 15.3 Å². The van der Waals surface area contributed by atoms with Crippen LogP contribution in [0.2, 0.25) is 10.0 Å². The Labute approximate surface area is 202 Å². The summed E-state index contributed by atoms with van der Waals surface area (Å²) in [4.78, 5) is 27.7. The lowest BCUT2D eigenvalue weighted by molar-refractivity contribution is 0.0985. The van der Waals surface area contributed by atoms with Crippen LogP contribution in [0.4, 0.5) is 11.4 Å². The quantitative estimate of drug-likeness (QED) is 0.457. The second-order valence-electron chi connectivity index (χ2n) is 8.02. The Hall–Kier alpha value is -2.86. The van der Waals surface area contributed by atoms with Crippen molar-refractivity contribution in [2.24, 2.45) is 0 Å². The van der Waals surface area contributed by atoms with Crippen molar-refractivity contribution in [1.82, 2.24) is 0 Å². The topological polar surface area (TPSA) is 69.6 Å². The SMILES string of the molecule is O=C(Nc1ccc(C(=O)N2CCCC(CCO)c3cc(Cl)ccc32)cc1)c1ccccc1Cl. The second-order valence-corrected chi connectivity index (χ2v) is 8.87. The van der Waals surface area contributed by atoms with E-state index in [0.717, 1.165) is 24.1 Å². The number of amides is 2. The highest BCUT2D eigenvalue weighted by atomic mass is 35.5. The number of aliphatic hydroxyl groups excluding tert-OH is 1. The third kappa shape index (κ3) is 5.22. The first-order chi connectivity index (χ1) is 16.0. The molecule has 7 heteroatoms. The Morgan fingerprint density at radius 2 is 1.79 bits per heavy atom. The van der Waals surface area contributed by atoms with E-state index in [2.05, 4.69) is 5.32 Å². The first kappa shape index (κ1) is 23.3. The van der Waals surface area contributed by atoms with E-state index in [0.29, 0.717) is 39.8 Å². The maximum atomic E-state index is 13.4. The van der Waals surface area contributed by atoms with Gasteiger partial charge in [0.2, 0.25) is 0 Å². The molecule has 1 atom stereocenters. The molecule has 0 saturated heterocycles. The van der Waals surface area contributed by atoms with Crippen LogP contribution in [-0.2, 0) is 0 Å². The molecule has 5 nitrogen and oxygen atoms in total. The average molecular weight is 483 g/mol. The number of anilines is 2. The summed E-state index contributed by atoms with van der Waals surface area (Å²) in [6.07, 6.45) is 2.34. The van der Waals surface area contributed by atoms with Gasteiger partial charge in [-0.15, -0.1) is 0 Å². The third-order valence-corrected chi connectivity index (χ3v) is 6.45. The number of benzene rings is 3. The number of nitrogens with zero attached hydrogens (tertiary/aromatic N) is 1. The average Bonchev–Trinajstić information content (AvgIpc) is 2.99. The highest BCUT2D eigenvalue weighted by Crippen LogP contribution is 2.38. The van der Waals surface area contributed by atoms with E-state index in [1.54, 1.807) is 59.5 Å². The predicted molar refractivity (Wildman–Crippen MR) is 133 cm³/mol. The molecule has 33 heavy (non-hydrogen) atoms. The molecule has 1 aliphatic rings. The highest BCUT2D eigenvalue weighted by molar-refractivity contribution is 6.34. The number of nitrogens with one attached hydrogen (secondary N) is 1. The number of halogens is 2. The van der Waals surface area contributed by atoms with Crippen molar-refractivity contribution in [3.63, 3.8) is 0 Å². The van der Waals surface area contributed by atoms with Crippen LogP contribution in [0.1, 0.15) is 51.5 Å². The number of aliphatic hydroxyl groups is 1. The molecule has 0 saturated carbocycles. The molecule has 2 amide bonds. The third-order valence-electron chi connectivity index (χ3n) is 5.89. The van der Waals surface area contributed by atoms with Crippen LogP contribution in [0.5, 0.6) is 0 Å². The fourth-order valence-corrected chi connectivity index (χ4v) is 4.63. The summed E-state index contributed by atoms with van der Waals surface area (Å²) < 4.78 is 0. The van der Waals surface area contributed by atoms with Gasteiger partial charge in [-0.2, -0.15) is 0 Å². The van der Waals surface area contributed by atoms with Crippen LogP contribution in [0.25, 0.3) is 0 Å². The lowest BCUT2D eigenvalue weighted by atomic mass is 9.91. The van der Waals surface area contributed by atoms with Crippen molar-refractivity contribution in [3.8, 4) is 0 Å². The van der Waals surface area contributed by atoms with E-state index >= 15 is 0 Å². The molecule has 2 N–H and O–H groups in total. The van der Waals surface area contributed by atoms with Crippen molar-refractivity contribution >= 4 is 46.4 Å². The van der Waals surface area contributed by atoms with Gasteiger partial charge in [-0.25, -0.2) is 0 Å². The number of carbonyl (C=O) groups is 2. The summed E-state index contributed by atoms with van der Waals surface area (Å²) in [7, 11) is 0. The van der Waals surface area contributed by atoms with E-state index in [1.165, 1.54) is 0 Å². The van der Waals surface area contributed by atoms with Crippen LogP contribution >= 0.6 is 23.2 Å². The van der Waals surface area contributed by atoms with Gasteiger partial charge in [0.1, 0.15) is 0 Å². The van der Waals surface area contributed by atoms with Crippen LogP contribution in [0.3, 0.4) is 0 Å². The van der Waals surface area contributed by atoms with Gasteiger partial charge in [-0.05, 0) is 85.3 Å². The summed E-state index contributed by atoms with van der Waals surface area (Å²) in [6.45, 7) is 0.673. The van der Waals surface area contributed by atoms with Crippen molar-refractivity contribution < 1.29 is 14.7 Å². The van der Waals surface area contributed by atoms with Crippen molar-refractivity contribution in [2.45, 2.75) is 25.2 Å². The monoisotopic (exact) mass is 482 g/mol. The van der Waals surface area contributed by atoms with Gasteiger partial charge in [0.15, 0.2) is 0 Å². The van der Waals surface area contributed by atoms with Crippen molar-refractivity contribution in [1.29, 1.82) is 0 Å².